The second kappa shape index (κ2) is 8.41. The van der Waals surface area contributed by atoms with E-state index in [0.717, 1.165) is 33.4 Å². The Kier molecular flexibility index (Phi) is 5.53. The molecule has 0 unspecified atom stereocenters. The highest BCUT2D eigenvalue weighted by Crippen LogP contribution is 2.44. The summed E-state index contributed by atoms with van der Waals surface area (Å²) in [6.07, 6.45) is -0.626. The lowest BCUT2D eigenvalue weighted by Gasteiger charge is -2.21. The van der Waals surface area contributed by atoms with Crippen molar-refractivity contribution in [2.45, 2.75) is 25.3 Å². The summed E-state index contributed by atoms with van der Waals surface area (Å²) in [4.78, 5) is 23.9. The highest BCUT2D eigenvalue weighted by atomic mass is 16.5. The Morgan fingerprint density at radius 2 is 1.50 bits per heavy atom. The minimum absolute atomic E-state index is 0.0825. The summed E-state index contributed by atoms with van der Waals surface area (Å²) in [6, 6.07) is 22.4. The van der Waals surface area contributed by atoms with E-state index in [-0.39, 0.29) is 18.9 Å². The number of rotatable bonds is 6. The summed E-state index contributed by atoms with van der Waals surface area (Å²) >= 11 is 0. The number of carboxylic acids is 1. The fourth-order valence-electron chi connectivity index (χ4n) is 4.03. The van der Waals surface area contributed by atoms with Gasteiger partial charge in [0.1, 0.15) is 6.61 Å². The first-order valence-corrected chi connectivity index (χ1v) is 9.91. The van der Waals surface area contributed by atoms with Gasteiger partial charge in [0.25, 0.3) is 0 Å². The monoisotopic (exact) mass is 400 g/mol. The molecule has 1 aliphatic rings. The SMILES string of the molecule is Cc1ccccc1C[C@@H](NC(=O)OCC1c2ccccc2-c2ccccc21)C(=O)[O-]. The number of benzene rings is 3. The third-order valence-corrected chi connectivity index (χ3v) is 5.61. The third kappa shape index (κ3) is 3.92. The third-order valence-electron chi connectivity index (χ3n) is 5.61. The van der Waals surface area contributed by atoms with Crippen LogP contribution in [0.25, 0.3) is 11.1 Å². The number of carboxylic acid groups (broad SMARTS) is 1. The molecule has 0 heterocycles. The predicted octanol–water partition coefficient (Wildman–Crippen LogP) is 3.19. The number of aliphatic carboxylic acids is 1. The number of nitrogens with one attached hydrogen (secondary N) is 1. The van der Waals surface area contributed by atoms with Crippen molar-refractivity contribution in [1.29, 1.82) is 0 Å². The molecule has 0 aliphatic heterocycles. The van der Waals surface area contributed by atoms with E-state index in [1.165, 1.54) is 0 Å². The molecule has 4 rings (SSSR count). The number of hydrogen-bond acceptors (Lipinski definition) is 4. The molecule has 0 fully saturated rings. The summed E-state index contributed by atoms with van der Waals surface area (Å²) < 4.78 is 5.45. The lowest BCUT2D eigenvalue weighted by atomic mass is 9.98. The van der Waals surface area contributed by atoms with Crippen LogP contribution in [0, 0.1) is 6.92 Å². The Labute approximate surface area is 175 Å². The van der Waals surface area contributed by atoms with Crippen molar-refractivity contribution in [2.24, 2.45) is 0 Å². The molecule has 152 valence electrons. The van der Waals surface area contributed by atoms with Crippen LogP contribution in [0.5, 0.6) is 0 Å². The number of carbonyl (C=O) groups is 2. The number of hydrogen-bond donors (Lipinski definition) is 1. The summed E-state index contributed by atoms with van der Waals surface area (Å²) in [5.74, 6) is -1.42. The molecule has 30 heavy (non-hydrogen) atoms. The van der Waals surface area contributed by atoms with Crippen LogP contribution < -0.4 is 10.4 Å². The summed E-state index contributed by atoms with van der Waals surface area (Å²) in [5.41, 5.74) is 6.26. The highest BCUT2D eigenvalue weighted by Gasteiger charge is 2.29. The molecule has 5 nitrogen and oxygen atoms in total. The van der Waals surface area contributed by atoms with Gasteiger partial charge in [-0.25, -0.2) is 4.79 Å². The van der Waals surface area contributed by atoms with E-state index in [1.54, 1.807) is 0 Å². The highest BCUT2D eigenvalue weighted by molar-refractivity contribution is 5.80. The molecular formula is C25H22NO4-. The Morgan fingerprint density at radius 1 is 0.933 bits per heavy atom. The molecule has 0 spiro atoms. The Morgan fingerprint density at radius 3 is 2.10 bits per heavy atom. The molecule has 3 aromatic carbocycles. The standard InChI is InChI=1S/C25H23NO4/c1-16-8-2-3-9-17(16)14-23(24(27)28)26-25(29)30-15-22-20-12-6-4-10-18(20)19-11-5-7-13-21(19)22/h2-13,22-23H,14-15H2,1H3,(H,26,29)(H,27,28)/p-1/t23-/m1/s1. The van der Waals surface area contributed by atoms with Gasteiger partial charge in [-0.1, -0.05) is 72.8 Å². The van der Waals surface area contributed by atoms with Crippen molar-refractivity contribution >= 4 is 12.1 Å². The van der Waals surface area contributed by atoms with Crippen molar-refractivity contribution in [1.82, 2.24) is 5.32 Å². The fraction of sp³-hybridized carbons (Fsp3) is 0.200. The predicted molar refractivity (Wildman–Crippen MR) is 112 cm³/mol. The lowest BCUT2D eigenvalue weighted by molar-refractivity contribution is -0.308. The van der Waals surface area contributed by atoms with E-state index in [0.29, 0.717) is 0 Å². The zero-order valence-electron chi connectivity index (χ0n) is 16.6. The molecule has 1 amide bonds. The molecule has 0 aromatic heterocycles. The van der Waals surface area contributed by atoms with Crippen LogP contribution in [0.3, 0.4) is 0 Å². The number of ether oxygens (including phenoxy) is 1. The molecule has 3 aromatic rings. The molecule has 0 radical (unpaired) electrons. The maximum atomic E-state index is 12.4. The van der Waals surface area contributed by atoms with Crippen LogP contribution in [0.2, 0.25) is 0 Å². The van der Waals surface area contributed by atoms with E-state index in [9.17, 15) is 14.7 Å². The van der Waals surface area contributed by atoms with Gasteiger partial charge in [0, 0.05) is 5.92 Å². The topological polar surface area (TPSA) is 78.5 Å². The van der Waals surface area contributed by atoms with Gasteiger partial charge in [0.05, 0.1) is 12.0 Å². The van der Waals surface area contributed by atoms with Crippen LogP contribution in [0.1, 0.15) is 28.2 Å². The Balaban J connectivity index is 1.44. The van der Waals surface area contributed by atoms with Crippen LogP contribution in [0.15, 0.2) is 72.8 Å². The molecule has 0 saturated heterocycles. The first-order valence-electron chi connectivity index (χ1n) is 9.91. The quantitative estimate of drug-likeness (QED) is 0.689. The van der Waals surface area contributed by atoms with Crippen molar-refractivity contribution in [3.8, 4) is 11.1 Å². The van der Waals surface area contributed by atoms with Crippen molar-refractivity contribution in [2.75, 3.05) is 6.61 Å². The zero-order valence-corrected chi connectivity index (χ0v) is 16.6. The van der Waals surface area contributed by atoms with Crippen LogP contribution >= 0.6 is 0 Å². The number of amides is 1. The molecule has 1 aliphatic carbocycles. The molecule has 1 N–H and O–H groups in total. The molecular weight excluding hydrogens is 378 g/mol. The van der Waals surface area contributed by atoms with Crippen LogP contribution in [0.4, 0.5) is 4.79 Å². The van der Waals surface area contributed by atoms with Gasteiger partial charge >= 0.3 is 6.09 Å². The lowest BCUT2D eigenvalue weighted by Crippen LogP contribution is -2.49. The van der Waals surface area contributed by atoms with Gasteiger partial charge in [-0.2, -0.15) is 0 Å². The minimum Gasteiger partial charge on any atom is -0.548 e. The zero-order chi connectivity index (χ0) is 21.1. The summed E-state index contributed by atoms with van der Waals surface area (Å²) in [7, 11) is 0. The van der Waals surface area contributed by atoms with Crippen LogP contribution in [-0.2, 0) is 16.0 Å². The number of aryl methyl sites for hydroxylation is 1. The smallest absolute Gasteiger partial charge is 0.407 e. The second-order valence-electron chi connectivity index (χ2n) is 7.47. The molecule has 1 atom stereocenters. The first kappa shape index (κ1) is 19.7. The van der Waals surface area contributed by atoms with Crippen molar-refractivity contribution in [3.63, 3.8) is 0 Å². The van der Waals surface area contributed by atoms with E-state index >= 15 is 0 Å². The average Bonchev–Trinajstić information content (AvgIpc) is 3.07. The molecule has 0 saturated carbocycles. The number of alkyl carbamates (subject to hydrolysis) is 1. The van der Waals surface area contributed by atoms with Crippen molar-refractivity contribution in [3.05, 3.63) is 95.1 Å². The second-order valence-corrected chi connectivity index (χ2v) is 7.47. The maximum absolute atomic E-state index is 12.4. The van der Waals surface area contributed by atoms with E-state index in [4.69, 9.17) is 4.74 Å². The Hall–Kier alpha value is -3.60. The number of carbonyl (C=O) groups excluding carboxylic acids is 2. The fourth-order valence-corrected chi connectivity index (χ4v) is 4.03. The van der Waals surface area contributed by atoms with E-state index in [2.05, 4.69) is 17.4 Å². The van der Waals surface area contributed by atoms with Gasteiger partial charge in [0.15, 0.2) is 0 Å². The largest absolute Gasteiger partial charge is 0.548 e. The summed E-state index contributed by atoms with van der Waals surface area (Å²) in [5, 5.41) is 14.0. The van der Waals surface area contributed by atoms with Gasteiger partial charge in [0.2, 0.25) is 0 Å². The minimum atomic E-state index is -1.34. The van der Waals surface area contributed by atoms with Crippen LogP contribution in [-0.4, -0.2) is 24.7 Å². The molecule has 5 heteroatoms. The Bertz CT molecular complexity index is 1050. The van der Waals surface area contributed by atoms with Gasteiger partial charge in [-0.3, -0.25) is 0 Å². The number of fused-ring (bicyclic) bond motifs is 3. The average molecular weight is 400 g/mol. The van der Waals surface area contributed by atoms with Gasteiger partial charge in [-0.15, -0.1) is 0 Å². The van der Waals surface area contributed by atoms with Crippen molar-refractivity contribution < 1.29 is 19.4 Å². The maximum Gasteiger partial charge on any atom is 0.407 e. The summed E-state index contributed by atoms with van der Waals surface area (Å²) in [6.45, 7) is 2.03. The van der Waals surface area contributed by atoms with E-state index < -0.39 is 18.1 Å². The normalized spacial score (nSPS) is 13.2. The molecule has 0 bridgehead atoms. The first-order chi connectivity index (χ1) is 14.5. The van der Waals surface area contributed by atoms with E-state index in [1.807, 2.05) is 67.6 Å². The van der Waals surface area contributed by atoms with Gasteiger partial charge < -0.3 is 20.0 Å². The van der Waals surface area contributed by atoms with Gasteiger partial charge in [-0.05, 0) is 46.7 Å².